The molecule has 3 heterocycles. The van der Waals surface area contributed by atoms with E-state index in [0.29, 0.717) is 22.9 Å². The maximum Gasteiger partial charge on any atom is 0.257 e. The summed E-state index contributed by atoms with van der Waals surface area (Å²) in [4.78, 5) is 39.2. The fourth-order valence-electron chi connectivity index (χ4n) is 3.09. The van der Waals surface area contributed by atoms with Gasteiger partial charge in [0.15, 0.2) is 0 Å². The number of rotatable bonds is 6. The number of hydrogen-bond acceptors (Lipinski definition) is 6. The number of pyridine rings is 2. The van der Waals surface area contributed by atoms with Crippen LogP contribution in [0.5, 0.6) is 11.6 Å². The minimum atomic E-state index is -0.322. The highest BCUT2D eigenvalue weighted by Crippen LogP contribution is 2.32. The Labute approximate surface area is 184 Å². The highest BCUT2D eigenvalue weighted by molar-refractivity contribution is 6.04. The smallest absolute Gasteiger partial charge is 0.257 e. The summed E-state index contributed by atoms with van der Waals surface area (Å²) in [5.41, 5.74) is 3.02. The largest absolute Gasteiger partial charge is 0.438 e. The van der Waals surface area contributed by atoms with E-state index in [4.69, 9.17) is 4.74 Å². The molecule has 0 aliphatic carbocycles. The Bertz CT molecular complexity index is 1310. The van der Waals surface area contributed by atoms with Crippen LogP contribution in [0.2, 0.25) is 0 Å². The Hall–Kier alpha value is -4.33. The molecule has 0 fully saturated rings. The van der Waals surface area contributed by atoms with E-state index in [2.05, 4.69) is 25.3 Å². The molecule has 0 bridgehead atoms. The topological polar surface area (TPSA) is 110 Å². The third-order valence-electron chi connectivity index (χ3n) is 4.75. The number of carbonyl (C=O) groups excluding carboxylic acids is 1. The molecule has 4 rings (SSSR count). The molecule has 2 N–H and O–H groups in total. The van der Waals surface area contributed by atoms with Crippen molar-refractivity contribution in [2.75, 3.05) is 5.32 Å². The van der Waals surface area contributed by atoms with Gasteiger partial charge in [0.05, 0.1) is 16.8 Å². The summed E-state index contributed by atoms with van der Waals surface area (Å²) in [6.45, 7) is 3.88. The van der Waals surface area contributed by atoms with Crippen molar-refractivity contribution in [2.24, 2.45) is 0 Å². The predicted octanol–water partition coefficient (Wildman–Crippen LogP) is 4.14. The van der Waals surface area contributed by atoms with Gasteiger partial charge in [-0.05, 0) is 55.0 Å². The quantitative estimate of drug-likeness (QED) is 0.479. The summed E-state index contributed by atoms with van der Waals surface area (Å²) in [6.07, 6.45) is 5.50. The summed E-state index contributed by atoms with van der Waals surface area (Å²) < 4.78 is 6.10. The summed E-state index contributed by atoms with van der Waals surface area (Å²) in [7, 11) is 0. The lowest BCUT2D eigenvalue weighted by Gasteiger charge is -2.13. The van der Waals surface area contributed by atoms with Crippen LogP contribution in [0.4, 0.5) is 5.69 Å². The van der Waals surface area contributed by atoms with E-state index < -0.39 is 0 Å². The maximum atomic E-state index is 12.4. The lowest BCUT2D eigenvalue weighted by atomic mass is 10.1. The van der Waals surface area contributed by atoms with Crippen LogP contribution in [0, 0.1) is 6.92 Å². The lowest BCUT2D eigenvalue weighted by molar-refractivity contribution is 0.102. The second kappa shape index (κ2) is 9.22. The standard InChI is InChI=1S/C24H21N5O3/c1-3-21-25-12-10-19(29-21)18-5-4-11-26-24(18)32-20-8-7-17(13-15(20)2)28-23(31)16-6-9-22(30)27-14-16/h4-14H,3H2,1-2H3,(H,27,30)(H,28,31). The molecule has 8 heteroatoms. The first-order chi connectivity index (χ1) is 15.5. The molecule has 160 valence electrons. The van der Waals surface area contributed by atoms with Gasteiger partial charge in [0.1, 0.15) is 11.6 Å². The van der Waals surface area contributed by atoms with Crippen LogP contribution in [-0.2, 0) is 6.42 Å². The van der Waals surface area contributed by atoms with Gasteiger partial charge in [-0.1, -0.05) is 6.92 Å². The third-order valence-corrected chi connectivity index (χ3v) is 4.75. The molecule has 0 saturated heterocycles. The number of nitrogens with one attached hydrogen (secondary N) is 2. The second-order valence-corrected chi connectivity index (χ2v) is 7.05. The number of carbonyl (C=O) groups is 1. The van der Waals surface area contributed by atoms with Crippen molar-refractivity contribution >= 4 is 11.6 Å². The zero-order valence-electron chi connectivity index (χ0n) is 17.6. The SMILES string of the molecule is CCc1nccc(-c2cccnc2Oc2ccc(NC(=O)c3ccc(=O)[nH]c3)cc2C)n1. The highest BCUT2D eigenvalue weighted by Gasteiger charge is 2.13. The number of aromatic nitrogens is 4. The Morgan fingerprint density at radius 3 is 2.72 bits per heavy atom. The van der Waals surface area contributed by atoms with E-state index >= 15 is 0 Å². The van der Waals surface area contributed by atoms with Gasteiger partial charge in [-0.25, -0.2) is 15.0 Å². The predicted molar refractivity (Wildman–Crippen MR) is 121 cm³/mol. The number of aromatic amines is 1. The van der Waals surface area contributed by atoms with Gasteiger partial charge in [0, 0.05) is 36.8 Å². The number of H-pyrrole nitrogens is 1. The number of hydrogen-bond donors (Lipinski definition) is 2. The fourth-order valence-corrected chi connectivity index (χ4v) is 3.09. The van der Waals surface area contributed by atoms with Crippen LogP contribution in [-0.4, -0.2) is 25.8 Å². The summed E-state index contributed by atoms with van der Waals surface area (Å²) in [6, 6.07) is 13.7. The van der Waals surface area contributed by atoms with Crippen molar-refractivity contribution in [2.45, 2.75) is 20.3 Å². The van der Waals surface area contributed by atoms with E-state index in [1.807, 2.05) is 32.0 Å². The van der Waals surface area contributed by atoms with Crippen molar-refractivity contribution in [1.82, 2.24) is 19.9 Å². The molecule has 0 unspecified atom stereocenters. The minimum absolute atomic E-state index is 0.263. The van der Waals surface area contributed by atoms with Gasteiger partial charge in [-0.3, -0.25) is 9.59 Å². The number of nitrogens with zero attached hydrogens (tertiary/aromatic N) is 3. The van der Waals surface area contributed by atoms with Crippen LogP contribution in [0.25, 0.3) is 11.3 Å². The monoisotopic (exact) mass is 427 g/mol. The average Bonchev–Trinajstić information content (AvgIpc) is 2.81. The summed E-state index contributed by atoms with van der Waals surface area (Å²) in [5, 5.41) is 2.81. The molecule has 1 aromatic carbocycles. The van der Waals surface area contributed by atoms with E-state index in [9.17, 15) is 9.59 Å². The number of ether oxygens (including phenoxy) is 1. The van der Waals surface area contributed by atoms with Gasteiger partial charge in [-0.15, -0.1) is 0 Å². The molecule has 0 aliphatic heterocycles. The molecule has 1 amide bonds. The van der Waals surface area contributed by atoms with Gasteiger partial charge < -0.3 is 15.0 Å². The maximum absolute atomic E-state index is 12.4. The lowest BCUT2D eigenvalue weighted by Crippen LogP contribution is -2.14. The minimum Gasteiger partial charge on any atom is -0.438 e. The number of aryl methyl sites for hydroxylation is 2. The summed E-state index contributed by atoms with van der Waals surface area (Å²) >= 11 is 0. The van der Waals surface area contributed by atoms with E-state index in [1.54, 1.807) is 30.6 Å². The normalized spacial score (nSPS) is 10.6. The highest BCUT2D eigenvalue weighted by atomic mass is 16.5. The average molecular weight is 427 g/mol. The van der Waals surface area contributed by atoms with Crippen molar-refractivity contribution in [3.8, 4) is 22.9 Å². The fraction of sp³-hybridized carbons (Fsp3) is 0.125. The Balaban J connectivity index is 1.55. The van der Waals surface area contributed by atoms with Crippen LogP contribution in [0.15, 0.2) is 71.9 Å². The van der Waals surface area contributed by atoms with Gasteiger partial charge in [0.25, 0.3) is 5.91 Å². The van der Waals surface area contributed by atoms with Gasteiger partial charge in [0.2, 0.25) is 11.4 Å². The van der Waals surface area contributed by atoms with E-state index in [1.165, 1.54) is 18.3 Å². The molecular weight excluding hydrogens is 406 g/mol. The van der Waals surface area contributed by atoms with Crippen LogP contribution >= 0.6 is 0 Å². The molecule has 0 radical (unpaired) electrons. The molecule has 0 atom stereocenters. The van der Waals surface area contributed by atoms with Crippen LogP contribution < -0.4 is 15.6 Å². The molecule has 4 aromatic rings. The zero-order chi connectivity index (χ0) is 22.5. The second-order valence-electron chi connectivity index (χ2n) is 7.05. The van der Waals surface area contributed by atoms with Crippen LogP contribution in [0.3, 0.4) is 0 Å². The van der Waals surface area contributed by atoms with E-state index in [0.717, 1.165) is 29.1 Å². The van der Waals surface area contributed by atoms with Crippen molar-refractivity contribution in [1.29, 1.82) is 0 Å². The molecule has 0 aliphatic rings. The Kier molecular flexibility index (Phi) is 6.03. The number of anilines is 1. The van der Waals surface area contributed by atoms with Gasteiger partial charge in [-0.2, -0.15) is 0 Å². The Morgan fingerprint density at radius 2 is 1.97 bits per heavy atom. The first-order valence-electron chi connectivity index (χ1n) is 10.1. The molecular formula is C24H21N5O3. The van der Waals surface area contributed by atoms with Crippen LogP contribution in [0.1, 0.15) is 28.7 Å². The molecule has 0 saturated carbocycles. The summed E-state index contributed by atoms with van der Waals surface area (Å²) in [5.74, 6) is 1.46. The van der Waals surface area contributed by atoms with Crippen molar-refractivity contribution < 1.29 is 9.53 Å². The van der Waals surface area contributed by atoms with Gasteiger partial charge >= 0.3 is 0 Å². The number of benzene rings is 1. The van der Waals surface area contributed by atoms with E-state index in [-0.39, 0.29) is 11.5 Å². The molecule has 8 nitrogen and oxygen atoms in total. The molecule has 32 heavy (non-hydrogen) atoms. The number of amides is 1. The first-order valence-corrected chi connectivity index (χ1v) is 10.1. The zero-order valence-corrected chi connectivity index (χ0v) is 17.6. The molecule has 0 spiro atoms. The Morgan fingerprint density at radius 1 is 1.09 bits per heavy atom. The first kappa shape index (κ1) is 20.9. The van der Waals surface area contributed by atoms with Crippen molar-refractivity contribution in [3.05, 3.63) is 94.4 Å². The third kappa shape index (κ3) is 4.70. The molecule has 3 aromatic heterocycles. The van der Waals surface area contributed by atoms with Crippen molar-refractivity contribution in [3.63, 3.8) is 0 Å².